The lowest BCUT2D eigenvalue weighted by Gasteiger charge is -2.18. The molecule has 0 aromatic heterocycles. The van der Waals surface area contributed by atoms with Crippen LogP contribution in [0.5, 0.6) is 0 Å². The molecule has 0 atom stereocenters. The normalized spacial score (nSPS) is 16.1. The maximum absolute atomic E-state index is 11.9. The fourth-order valence-electron chi connectivity index (χ4n) is 2.14. The quantitative estimate of drug-likeness (QED) is 0.726. The van der Waals surface area contributed by atoms with Gasteiger partial charge in [0.1, 0.15) is 0 Å². The van der Waals surface area contributed by atoms with Gasteiger partial charge in [-0.3, -0.25) is 9.59 Å². The Morgan fingerprint density at radius 3 is 3.00 bits per heavy atom. The summed E-state index contributed by atoms with van der Waals surface area (Å²) < 4.78 is 0. The zero-order valence-electron chi connectivity index (χ0n) is 11.7. The van der Waals surface area contributed by atoms with Gasteiger partial charge in [0.25, 0.3) is 0 Å². The van der Waals surface area contributed by atoms with Gasteiger partial charge < -0.3 is 21.3 Å². The standard InChI is InChI=1S/C14H19ClN4O2/c15-11-2-1-10(9-12(11)16)18-14(21)4-7-19-6-3-13(20)17-5-8-19/h1-2,9H,3-8,16H2,(H,17,20)(H,18,21). The van der Waals surface area contributed by atoms with E-state index in [4.69, 9.17) is 17.3 Å². The molecule has 4 N–H and O–H groups in total. The Morgan fingerprint density at radius 1 is 1.43 bits per heavy atom. The van der Waals surface area contributed by atoms with Crippen LogP contribution in [0.1, 0.15) is 12.8 Å². The van der Waals surface area contributed by atoms with Crippen LogP contribution in [-0.2, 0) is 9.59 Å². The molecule has 0 bridgehead atoms. The highest BCUT2D eigenvalue weighted by Crippen LogP contribution is 2.22. The molecule has 0 saturated carbocycles. The van der Waals surface area contributed by atoms with E-state index >= 15 is 0 Å². The van der Waals surface area contributed by atoms with Gasteiger partial charge in [-0.2, -0.15) is 0 Å². The number of hydrogen-bond acceptors (Lipinski definition) is 4. The lowest BCUT2D eigenvalue weighted by Crippen LogP contribution is -2.31. The number of carbonyl (C=O) groups excluding carboxylic acids is 2. The highest BCUT2D eigenvalue weighted by atomic mass is 35.5. The highest BCUT2D eigenvalue weighted by Gasteiger charge is 2.14. The Balaban J connectivity index is 1.79. The van der Waals surface area contributed by atoms with E-state index in [2.05, 4.69) is 15.5 Å². The van der Waals surface area contributed by atoms with Crippen LogP contribution < -0.4 is 16.4 Å². The van der Waals surface area contributed by atoms with E-state index in [0.717, 1.165) is 6.54 Å². The van der Waals surface area contributed by atoms with Crippen molar-refractivity contribution in [2.45, 2.75) is 12.8 Å². The molecule has 0 radical (unpaired) electrons. The number of hydrogen-bond donors (Lipinski definition) is 3. The van der Waals surface area contributed by atoms with Crippen LogP contribution in [0.25, 0.3) is 0 Å². The molecule has 1 aliphatic rings. The first kappa shape index (κ1) is 15.6. The number of nitrogens with one attached hydrogen (secondary N) is 2. The first-order chi connectivity index (χ1) is 10.0. The molecule has 1 saturated heterocycles. The Labute approximate surface area is 128 Å². The number of amides is 2. The number of benzene rings is 1. The smallest absolute Gasteiger partial charge is 0.225 e. The molecule has 114 valence electrons. The van der Waals surface area contributed by atoms with Crippen LogP contribution in [-0.4, -0.2) is 42.9 Å². The lowest BCUT2D eigenvalue weighted by atomic mass is 10.2. The van der Waals surface area contributed by atoms with Crippen molar-refractivity contribution in [3.63, 3.8) is 0 Å². The molecule has 0 spiro atoms. The van der Waals surface area contributed by atoms with E-state index < -0.39 is 0 Å². The van der Waals surface area contributed by atoms with Crippen molar-refractivity contribution < 1.29 is 9.59 Å². The minimum atomic E-state index is -0.0831. The van der Waals surface area contributed by atoms with Crippen molar-refractivity contribution in [2.24, 2.45) is 0 Å². The van der Waals surface area contributed by atoms with Gasteiger partial charge in [-0.05, 0) is 18.2 Å². The van der Waals surface area contributed by atoms with Gasteiger partial charge in [-0.25, -0.2) is 0 Å². The fraction of sp³-hybridized carbons (Fsp3) is 0.429. The lowest BCUT2D eigenvalue weighted by molar-refractivity contribution is -0.120. The van der Waals surface area contributed by atoms with E-state index in [0.29, 0.717) is 48.9 Å². The molecule has 1 aromatic carbocycles. The first-order valence-corrected chi connectivity index (χ1v) is 7.26. The molecule has 1 aliphatic heterocycles. The third-order valence-electron chi connectivity index (χ3n) is 3.34. The summed E-state index contributed by atoms with van der Waals surface area (Å²) in [6.45, 7) is 2.72. The number of carbonyl (C=O) groups is 2. The van der Waals surface area contributed by atoms with E-state index in [-0.39, 0.29) is 11.8 Å². The van der Waals surface area contributed by atoms with Crippen molar-refractivity contribution >= 4 is 34.8 Å². The third kappa shape index (κ3) is 4.91. The summed E-state index contributed by atoms with van der Waals surface area (Å²) >= 11 is 5.83. The summed E-state index contributed by atoms with van der Waals surface area (Å²) in [7, 11) is 0. The molecule has 2 amide bonds. The highest BCUT2D eigenvalue weighted by molar-refractivity contribution is 6.33. The molecule has 2 rings (SSSR count). The minimum Gasteiger partial charge on any atom is -0.397 e. The van der Waals surface area contributed by atoms with Crippen LogP contribution in [0.3, 0.4) is 0 Å². The monoisotopic (exact) mass is 310 g/mol. The Hall–Kier alpha value is -1.79. The van der Waals surface area contributed by atoms with Crippen molar-refractivity contribution in [2.75, 3.05) is 37.2 Å². The van der Waals surface area contributed by atoms with Gasteiger partial charge in [0.2, 0.25) is 11.8 Å². The molecule has 1 heterocycles. The summed E-state index contributed by atoms with van der Waals surface area (Å²) in [5, 5.41) is 6.06. The number of nitrogens with zero attached hydrogens (tertiary/aromatic N) is 1. The summed E-state index contributed by atoms with van der Waals surface area (Å²) in [6.07, 6.45) is 0.853. The molecule has 0 aliphatic carbocycles. The van der Waals surface area contributed by atoms with Gasteiger partial charge in [0, 0.05) is 44.7 Å². The van der Waals surface area contributed by atoms with Crippen LogP contribution in [0.15, 0.2) is 18.2 Å². The van der Waals surface area contributed by atoms with Gasteiger partial charge in [0.05, 0.1) is 10.7 Å². The van der Waals surface area contributed by atoms with E-state index in [1.54, 1.807) is 18.2 Å². The van der Waals surface area contributed by atoms with Gasteiger partial charge >= 0.3 is 0 Å². The predicted octanol–water partition coefficient (Wildman–Crippen LogP) is 1.07. The van der Waals surface area contributed by atoms with Crippen LogP contribution in [0.4, 0.5) is 11.4 Å². The molecule has 6 nitrogen and oxygen atoms in total. The Kier molecular flexibility index (Phi) is 5.41. The van der Waals surface area contributed by atoms with Crippen LogP contribution >= 0.6 is 11.6 Å². The molecule has 1 fully saturated rings. The van der Waals surface area contributed by atoms with Crippen LogP contribution in [0.2, 0.25) is 5.02 Å². The van der Waals surface area contributed by atoms with Crippen molar-refractivity contribution in [3.05, 3.63) is 23.2 Å². The maximum atomic E-state index is 11.9. The van der Waals surface area contributed by atoms with E-state index in [1.807, 2.05) is 0 Å². The zero-order valence-corrected chi connectivity index (χ0v) is 12.4. The van der Waals surface area contributed by atoms with Gasteiger partial charge in [-0.1, -0.05) is 11.6 Å². The third-order valence-corrected chi connectivity index (χ3v) is 3.68. The largest absolute Gasteiger partial charge is 0.397 e. The van der Waals surface area contributed by atoms with Crippen molar-refractivity contribution in [3.8, 4) is 0 Å². The second kappa shape index (κ2) is 7.28. The van der Waals surface area contributed by atoms with Crippen molar-refractivity contribution in [1.29, 1.82) is 0 Å². The SMILES string of the molecule is Nc1cc(NC(=O)CCN2CCNC(=O)CC2)ccc1Cl. The van der Waals surface area contributed by atoms with Crippen LogP contribution in [0, 0.1) is 0 Å². The second-order valence-corrected chi connectivity index (χ2v) is 5.38. The molecule has 21 heavy (non-hydrogen) atoms. The Bertz CT molecular complexity index is 536. The molecular weight excluding hydrogens is 292 g/mol. The number of rotatable bonds is 4. The average molecular weight is 311 g/mol. The van der Waals surface area contributed by atoms with Gasteiger partial charge in [0.15, 0.2) is 0 Å². The predicted molar refractivity (Wildman–Crippen MR) is 83.2 cm³/mol. The van der Waals surface area contributed by atoms with Crippen molar-refractivity contribution in [1.82, 2.24) is 10.2 Å². The topological polar surface area (TPSA) is 87.5 Å². The maximum Gasteiger partial charge on any atom is 0.225 e. The Morgan fingerprint density at radius 2 is 2.24 bits per heavy atom. The fourth-order valence-corrected chi connectivity index (χ4v) is 2.26. The zero-order chi connectivity index (χ0) is 15.2. The van der Waals surface area contributed by atoms with Gasteiger partial charge in [-0.15, -0.1) is 0 Å². The number of nitrogens with two attached hydrogens (primary N) is 1. The molecule has 7 heteroatoms. The summed E-state index contributed by atoms with van der Waals surface area (Å²) in [5.41, 5.74) is 6.76. The summed E-state index contributed by atoms with van der Waals surface area (Å²) in [4.78, 5) is 25.2. The van der Waals surface area contributed by atoms with E-state index in [1.165, 1.54) is 0 Å². The molecule has 0 unspecified atom stereocenters. The minimum absolute atomic E-state index is 0.0681. The summed E-state index contributed by atoms with van der Waals surface area (Å²) in [5.74, 6) is -0.0150. The second-order valence-electron chi connectivity index (χ2n) is 4.98. The molecule has 1 aromatic rings. The first-order valence-electron chi connectivity index (χ1n) is 6.88. The molecular formula is C14H19ClN4O2. The number of nitrogen functional groups attached to an aromatic ring is 1. The van der Waals surface area contributed by atoms with E-state index in [9.17, 15) is 9.59 Å². The average Bonchev–Trinajstić information content (AvgIpc) is 2.65. The number of halogens is 1. The summed E-state index contributed by atoms with van der Waals surface area (Å²) in [6, 6.07) is 5.00. The number of anilines is 2.